The van der Waals surface area contributed by atoms with Crippen molar-refractivity contribution in [1.29, 1.82) is 0 Å². The number of nitrogens with zero attached hydrogens (tertiary/aromatic N) is 1. The second kappa shape index (κ2) is 4.87. The number of hydrogen-bond donors (Lipinski definition) is 3. The molecule has 0 saturated carbocycles. The Kier molecular flexibility index (Phi) is 3.54. The van der Waals surface area contributed by atoms with Crippen LogP contribution >= 0.6 is 0 Å². The molecule has 0 atom stereocenters. The fourth-order valence-corrected chi connectivity index (χ4v) is 1.01. The number of rotatable bonds is 4. The van der Waals surface area contributed by atoms with Gasteiger partial charge in [0.1, 0.15) is 5.69 Å². The molecule has 1 aromatic rings. The monoisotopic (exact) mass is 223 g/mol. The number of carboxylic acid groups (broad SMARTS) is 1. The van der Waals surface area contributed by atoms with Gasteiger partial charge in [-0.25, -0.2) is 4.79 Å². The number of nitrogens with one attached hydrogen (secondary N) is 1. The van der Waals surface area contributed by atoms with Gasteiger partial charge in [0.05, 0.1) is 12.1 Å². The zero-order chi connectivity index (χ0) is 12.1. The maximum absolute atomic E-state index is 11.4. The molecular formula is C9H9N3O4. The van der Waals surface area contributed by atoms with E-state index in [-0.39, 0.29) is 17.8 Å². The SMILES string of the molecule is NC(=O)CNC(=O)c1ncccc1C(=O)O. The second-order valence-electron chi connectivity index (χ2n) is 2.85. The fraction of sp³-hybridized carbons (Fsp3) is 0.111. The summed E-state index contributed by atoms with van der Waals surface area (Å²) in [6.07, 6.45) is 1.28. The van der Waals surface area contributed by atoms with Gasteiger partial charge in [0, 0.05) is 6.20 Å². The second-order valence-corrected chi connectivity index (χ2v) is 2.85. The molecular weight excluding hydrogens is 214 g/mol. The van der Waals surface area contributed by atoms with E-state index < -0.39 is 17.8 Å². The Hall–Kier alpha value is -2.44. The summed E-state index contributed by atoms with van der Waals surface area (Å²) in [5.41, 5.74) is 4.34. The summed E-state index contributed by atoms with van der Waals surface area (Å²) >= 11 is 0. The first-order valence-corrected chi connectivity index (χ1v) is 4.27. The third-order valence-corrected chi connectivity index (χ3v) is 1.68. The molecule has 7 heteroatoms. The third kappa shape index (κ3) is 2.77. The molecule has 0 spiro atoms. The van der Waals surface area contributed by atoms with Crippen LogP contribution in [-0.4, -0.2) is 34.4 Å². The van der Waals surface area contributed by atoms with E-state index in [1.54, 1.807) is 0 Å². The van der Waals surface area contributed by atoms with Gasteiger partial charge in [0.25, 0.3) is 5.91 Å². The first kappa shape index (κ1) is 11.6. The van der Waals surface area contributed by atoms with Crippen LogP contribution in [0.2, 0.25) is 0 Å². The molecule has 0 aliphatic rings. The summed E-state index contributed by atoms with van der Waals surface area (Å²) in [4.78, 5) is 36.2. The van der Waals surface area contributed by atoms with Gasteiger partial charge in [-0.2, -0.15) is 0 Å². The zero-order valence-electron chi connectivity index (χ0n) is 8.14. The third-order valence-electron chi connectivity index (χ3n) is 1.68. The highest BCUT2D eigenvalue weighted by Crippen LogP contribution is 2.04. The Bertz CT molecular complexity index is 444. The Balaban J connectivity index is 2.90. The van der Waals surface area contributed by atoms with Crippen LogP contribution in [0.25, 0.3) is 0 Å². The average Bonchev–Trinajstić information content (AvgIpc) is 2.25. The molecule has 0 radical (unpaired) electrons. The molecule has 2 amide bonds. The number of carboxylic acids is 1. The number of carbonyl (C=O) groups excluding carboxylic acids is 2. The van der Waals surface area contributed by atoms with Gasteiger partial charge in [0.15, 0.2) is 0 Å². The largest absolute Gasteiger partial charge is 0.478 e. The highest BCUT2D eigenvalue weighted by molar-refractivity contribution is 6.03. The predicted octanol–water partition coefficient (Wildman–Crippen LogP) is -1.01. The van der Waals surface area contributed by atoms with Crippen molar-refractivity contribution in [2.45, 2.75) is 0 Å². The summed E-state index contributed by atoms with van der Waals surface area (Å²) in [6, 6.07) is 2.64. The van der Waals surface area contributed by atoms with E-state index >= 15 is 0 Å². The number of aromatic carboxylic acids is 1. The standard InChI is InChI=1S/C9H9N3O4/c10-6(13)4-12-8(14)7-5(9(15)16)2-1-3-11-7/h1-3H,4H2,(H2,10,13)(H,12,14)(H,15,16). The van der Waals surface area contributed by atoms with Crippen LogP contribution in [-0.2, 0) is 4.79 Å². The summed E-state index contributed by atoms with van der Waals surface area (Å²) in [5.74, 6) is -2.74. The van der Waals surface area contributed by atoms with Crippen molar-refractivity contribution in [2.24, 2.45) is 5.73 Å². The van der Waals surface area contributed by atoms with E-state index in [0.717, 1.165) is 0 Å². The van der Waals surface area contributed by atoms with Gasteiger partial charge < -0.3 is 16.2 Å². The van der Waals surface area contributed by atoms with Crippen LogP contribution in [0.15, 0.2) is 18.3 Å². The smallest absolute Gasteiger partial charge is 0.338 e. The first-order chi connectivity index (χ1) is 7.52. The molecule has 0 aliphatic heterocycles. The van der Waals surface area contributed by atoms with Gasteiger partial charge in [-0.05, 0) is 12.1 Å². The number of aromatic nitrogens is 1. The lowest BCUT2D eigenvalue weighted by atomic mass is 10.2. The molecule has 0 bridgehead atoms. The topological polar surface area (TPSA) is 122 Å². The predicted molar refractivity (Wildman–Crippen MR) is 52.7 cm³/mol. The molecule has 1 rings (SSSR count). The number of pyridine rings is 1. The van der Waals surface area contributed by atoms with Crippen LogP contribution in [0, 0.1) is 0 Å². The van der Waals surface area contributed by atoms with Crippen LogP contribution in [0.1, 0.15) is 20.8 Å². The number of nitrogens with two attached hydrogens (primary N) is 1. The van der Waals surface area contributed by atoms with E-state index in [9.17, 15) is 14.4 Å². The molecule has 7 nitrogen and oxygen atoms in total. The lowest BCUT2D eigenvalue weighted by Gasteiger charge is -2.04. The summed E-state index contributed by atoms with van der Waals surface area (Å²) < 4.78 is 0. The van der Waals surface area contributed by atoms with E-state index in [2.05, 4.69) is 10.3 Å². The van der Waals surface area contributed by atoms with Gasteiger partial charge in [-0.1, -0.05) is 0 Å². The van der Waals surface area contributed by atoms with Crippen molar-refractivity contribution in [1.82, 2.24) is 10.3 Å². The highest BCUT2D eigenvalue weighted by Gasteiger charge is 2.17. The molecule has 0 aromatic carbocycles. The van der Waals surface area contributed by atoms with Crippen molar-refractivity contribution in [2.75, 3.05) is 6.54 Å². The lowest BCUT2D eigenvalue weighted by Crippen LogP contribution is -2.34. The van der Waals surface area contributed by atoms with Gasteiger partial charge >= 0.3 is 5.97 Å². The number of primary amides is 1. The van der Waals surface area contributed by atoms with E-state index in [1.807, 2.05) is 0 Å². The molecule has 0 saturated heterocycles. The molecule has 0 unspecified atom stereocenters. The van der Waals surface area contributed by atoms with E-state index in [4.69, 9.17) is 10.8 Å². The molecule has 4 N–H and O–H groups in total. The van der Waals surface area contributed by atoms with Crippen molar-refractivity contribution < 1.29 is 19.5 Å². The maximum atomic E-state index is 11.4. The van der Waals surface area contributed by atoms with Crippen LogP contribution in [0.4, 0.5) is 0 Å². The number of hydrogen-bond acceptors (Lipinski definition) is 4. The van der Waals surface area contributed by atoms with Gasteiger partial charge in [-0.15, -0.1) is 0 Å². The minimum atomic E-state index is -1.27. The number of carbonyl (C=O) groups is 3. The van der Waals surface area contributed by atoms with Gasteiger partial charge in [0.2, 0.25) is 5.91 Å². The van der Waals surface area contributed by atoms with Crippen molar-refractivity contribution in [3.05, 3.63) is 29.6 Å². The van der Waals surface area contributed by atoms with Crippen molar-refractivity contribution in [3.8, 4) is 0 Å². The van der Waals surface area contributed by atoms with Gasteiger partial charge in [-0.3, -0.25) is 14.6 Å². The summed E-state index contributed by atoms with van der Waals surface area (Å²) in [7, 11) is 0. The quantitative estimate of drug-likeness (QED) is 0.603. The normalized spacial score (nSPS) is 9.50. The van der Waals surface area contributed by atoms with Crippen LogP contribution in [0.3, 0.4) is 0 Å². The van der Waals surface area contributed by atoms with E-state index in [1.165, 1.54) is 18.3 Å². The molecule has 1 aromatic heterocycles. The Labute approximate surface area is 90.3 Å². The molecule has 84 valence electrons. The Morgan fingerprint density at radius 1 is 1.44 bits per heavy atom. The lowest BCUT2D eigenvalue weighted by molar-refractivity contribution is -0.117. The highest BCUT2D eigenvalue weighted by atomic mass is 16.4. The van der Waals surface area contributed by atoms with Crippen LogP contribution in [0.5, 0.6) is 0 Å². The zero-order valence-corrected chi connectivity index (χ0v) is 8.14. The first-order valence-electron chi connectivity index (χ1n) is 4.27. The van der Waals surface area contributed by atoms with Crippen LogP contribution < -0.4 is 11.1 Å². The molecule has 16 heavy (non-hydrogen) atoms. The molecule has 0 fully saturated rings. The molecule has 0 aliphatic carbocycles. The van der Waals surface area contributed by atoms with E-state index in [0.29, 0.717) is 0 Å². The minimum Gasteiger partial charge on any atom is -0.478 e. The maximum Gasteiger partial charge on any atom is 0.338 e. The fourth-order valence-electron chi connectivity index (χ4n) is 1.01. The van der Waals surface area contributed by atoms with Crippen molar-refractivity contribution in [3.63, 3.8) is 0 Å². The Morgan fingerprint density at radius 3 is 2.69 bits per heavy atom. The minimum absolute atomic E-state index is 0.232. The summed E-state index contributed by atoms with van der Waals surface area (Å²) in [6.45, 7) is -0.367. The summed E-state index contributed by atoms with van der Waals surface area (Å²) in [5, 5.41) is 10.9. The Morgan fingerprint density at radius 2 is 2.12 bits per heavy atom. The molecule has 1 heterocycles. The van der Waals surface area contributed by atoms with Crippen molar-refractivity contribution >= 4 is 17.8 Å². The number of amides is 2. The average molecular weight is 223 g/mol.